The molecule has 0 bridgehead atoms. The molecule has 1 aromatic carbocycles. The highest BCUT2D eigenvalue weighted by Gasteiger charge is 2.07. The average molecular weight is 279 g/mol. The van der Waals surface area contributed by atoms with Crippen LogP contribution < -0.4 is 10.1 Å². The minimum atomic E-state index is -0.775. The Bertz CT molecular complexity index is 471. The Balaban J connectivity index is 2.47. The molecule has 20 heavy (non-hydrogen) atoms. The summed E-state index contributed by atoms with van der Waals surface area (Å²) in [5.41, 5.74) is 1.65. The molecule has 0 spiro atoms. The van der Waals surface area contributed by atoms with Gasteiger partial charge in [-0.1, -0.05) is 0 Å². The number of carboxylic acid groups (broad SMARTS) is 1. The van der Waals surface area contributed by atoms with Gasteiger partial charge < -0.3 is 15.2 Å². The smallest absolute Gasteiger partial charge is 0.303 e. The number of benzene rings is 1. The van der Waals surface area contributed by atoms with Crippen LogP contribution in [0.1, 0.15) is 35.7 Å². The number of ether oxygens (including phenoxy) is 1. The van der Waals surface area contributed by atoms with Gasteiger partial charge in [-0.15, -0.1) is 0 Å². The van der Waals surface area contributed by atoms with E-state index in [1.807, 2.05) is 6.07 Å². The number of Topliss-reactive ketones (excluding diaryl/α,β-unsaturated/α-hetero) is 1. The highest BCUT2D eigenvalue weighted by molar-refractivity contribution is 5.94. The molecule has 0 saturated carbocycles. The minimum Gasteiger partial charge on any atom is -0.496 e. The summed E-state index contributed by atoms with van der Waals surface area (Å²) in [6.45, 7) is 2.92. The first-order valence-electron chi connectivity index (χ1n) is 6.65. The summed E-state index contributed by atoms with van der Waals surface area (Å²) in [5.74, 6) is 0.0216. The molecule has 0 heterocycles. The first-order chi connectivity index (χ1) is 9.54. The highest BCUT2D eigenvalue weighted by Crippen LogP contribution is 2.20. The number of aliphatic carboxylic acids is 1. The van der Waals surface area contributed by atoms with Crippen LogP contribution in [0.15, 0.2) is 18.2 Å². The molecule has 5 nitrogen and oxygen atoms in total. The largest absolute Gasteiger partial charge is 0.496 e. The van der Waals surface area contributed by atoms with Gasteiger partial charge in [-0.25, -0.2) is 0 Å². The molecular formula is C15H21NO4. The summed E-state index contributed by atoms with van der Waals surface area (Å²) in [5, 5.41) is 11.7. The highest BCUT2D eigenvalue weighted by atomic mass is 16.5. The van der Waals surface area contributed by atoms with E-state index < -0.39 is 5.97 Å². The number of nitrogens with one attached hydrogen (secondary N) is 1. The van der Waals surface area contributed by atoms with E-state index in [1.54, 1.807) is 19.2 Å². The normalized spacial score (nSPS) is 10.3. The lowest BCUT2D eigenvalue weighted by atomic mass is 10.0. The van der Waals surface area contributed by atoms with Gasteiger partial charge in [-0.3, -0.25) is 9.59 Å². The molecule has 110 valence electrons. The Kier molecular flexibility index (Phi) is 6.73. The van der Waals surface area contributed by atoms with E-state index in [-0.39, 0.29) is 12.2 Å². The number of hydrogen-bond acceptors (Lipinski definition) is 4. The summed E-state index contributed by atoms with van der Waals surface area (Å²) in [6.07, 6.45) is 1.52. The minimum absolute atomic E-state index is 0.0309. The third kappa shape index (κ3) is 5.40. The number of carboxylic acids is 1. The van der Waals surface area contributed by atoms with Crippen molar-refractivity contribution in [2.75, 3.05) is 20.2 Å². The van der Waals surface area contributed by atoms with Crippen molar-refractivity contribution in [3.8, 4) is 5.75 Å². The SMILES string of the molecule is COc1ccc(C(C)=O)cc1CCNCCCC(=O)O. The van der Waals surface area contributed by atoms with Crippen LogP contribution in [-0.2, 0) is 11.2 Å². The fourth-order valence-corrected chi connectivity index (χ4v) is 1.91. The number of carbonyl (C=O) groups excluding carboxylic acids is 1. The molecular weight excluding hydrogens is 258 g/mol. The fraction of sp³-hybridized carbons (Fsp3) is 0.467. The van der Waals surface area contributed by atoms with Crippen LogP contribution in [0.5, 0.6) is 5.75 Å². The second-order valence-electron chi connectivity index (χ2n) is 4.58. The van der Waals surface area contributed by atoms with Crippen LogP contribution in [0.3, 0.4) is 0 Å². The zero-order valence-corrected chi connectivity index (χ0v) is 11.9. The van der Waals surface area contributed by atoms with Crippen LogP contribution in [-0.4, -0.2) is 37.1 Å². The number of hydrogen-bond donors (Lipinski definition) is 2. The molecule has 0 aromatic heterocycles. The molecule has 0 radical (unpaired) electrons. The Morgan fingerprint density at radius 1 is 1.30 bits per heavy atom. The van der Waals surface area contributed by atoms with Gasteiger partial charge in [0.2, 0.25) is 0 Å². The van der Waals surface area contributed by atoms with Crippen molar-refractivity contribution in [2.24, 2.45) is 0 Å². The van der Waals surface area contributed by atoms with Gasteiger partial charge in [0.05, 0.1) is 7.11 Å². The third-order valence-electron chi connectivity index (χ3n) is 3.00. The predicted octanol–water partition coefficient (Wildman–Crippen LogP) is 1.89. The molecule has 2 N–H and O–H groups in total. The van der Waals surface area contributed by atoms with E-state index >= 15 is 0 Å². The van der Waals surface area contributed by atoms with E-state index in [0.29, 0.717) is 18.5 Å². The van der Waals surface area contributed by atoms with E-state index in [4.69, 9.17) is 9.84 Å². The zero-order valence-electron chi connectivity index (χ0n) is 11.9. The molecule has 0 unspecified atom stereocenters. The zero-order chi connectivity index (χ0) is 15.0. The molecule has 1 rings (SSSR count). The molecule has 5 heteroatoms. The van der Waals surface area contributed by atoms with Gasteiger partial charge in [0.1, 0.15) is 5.75 Å². The van der Waals surface area contributed by atoms with Crippen LogP contribution in [0, 0.1) is 0 Å². The third-order valence-corrected chi connectivity index (χ3v) is 3.00. The van der Waals surface area contributed by atoms with Crippen molar-refractivity contribution in [1.82, 2.24) is 5.32 Å². The maximum absolute atomic E-state index is 11.4. The maximum atomic E-state index is 11.4. The molecule has 0 atom stereocenters. The van der Waals surface area contributed by atoms with E-state index in [0.717, 1.165) is 24.3 Å². The molecule has 0 saturated heterocycles. The summed E-state index contributed by atoms with van der Waals surface area (Å²) in [4.78, 5) is 21.7. The van der Waals surface area contributed by atoms with Crippen molar-refractivity contribution >= 4 is 11.8 Å². The Labute approximate surface area is 118 Å². The maximum Gasteiger partial charge on any atom is 0.303 e. The molecule has 0 fully saturated rings. The number of ketones is 1. The Hall–Kier alpha value is -1.88. The number of rotatable bonds is 9. The van der Waals surface area contributed by atoms with Gasteiger partial charge in [0.25, 0.3) is 0 Å². The van der Waals surface area contributed by atoms with Crippen LogP contribution in [0.25, 0.3) is 0 Å². The molecule has 1 aromatic rings. The van der Waals surface area contributed by atoms with E-state index in [9.17, 15) is 9.59 Å². The van der Waals surface area contributed by atoms with E-state index in [1.165, 1.54) is 6.92 Å². The predicted molar refractivity (Wildman–Crippen MR) is 76.4 cm³/mol. The van der Waals surface area contributed by atoms with Crippen molar-refractivity contribution in [3.05, 3.63) is 29.3 Å². The van der Waals surface area contributed by atoms with Gasteiger partial charge >= 0.3 is 5.97 Å². The Morgan fingerprint density at radius 2 is 2.05 bits per heavy atom. The molecule has 0 amide bonds. The number of carbonyl (C=O) groups is 2. The summed E-state index contributed by atoms with van der Waals surface area (Å²) in [6, 6.07) is 5.40. The summed E-state index contributed by atoms with van der Waals surface area (Å²) < 4.78 is 5.27. The molecule has 0 aliphatic heterocycles. The molecule has 0 aliphatic carbocycles. The fourth-order valence-electron chi connectivity index (χ4n) is 1.91. The lowest BCUT2D eigenvalue weighted by Crippen LogP contribution is -2.19. The first-order valence-corrected chi connectivity index (χ1v) is 6.65. The summed E-state index contributed by atoms with van der Waals surface area (Å²) >= 11 is 0. The van der Waals surface area contributed by atoms with Crippen molar-refractivity contribution in [1.29, 1.82) is 0 Å². The summed E-state index contributed by atoms with van der Waals surface area (Å²) in [7, 11) is 1.60. The van der Waals surface area contributed by atoms with Crippen LogP contribution >= 0.6 is 0 Å². The van der Waals surface area contributed by atoms with Gasteiger partial charge in [0.15, 0.2) is 5.78 Å². The van der Waals surface area contributed by atoms with Crippen LogP contribution in [0.4, 0.5) is 0 Å². The lowest BCUT2D eigenvalue weighted by molar-refractivity contribution is -0.137. The topological polar surface area (TPSA) is 75.6 Å². The Morgan fingerprint density at radius 3 is 2.65 bits per heavy atom. The second kappa shape index (κ2) is 8.32. The first kappa shape index (κ1) is 16.2. The van der Waals surface area contributed by atoms with Crippen molar-refractivity contribution in [2.45, 2.75) is 26.2 Å². The quantitative estimate of drug-likeness (QED) is 0.533. The average Bonchev–Trinajstić information content (AvgIpc) is 2.42. The van der Waals surface area contributed by atoms with Gasteiger partial charge in [-0.05, 0) is 56.6 Å². The monoisotopic (exact) mass is 279 g/mol. The van der Waals surface area contributed by atoms with Crippen molar-refractivity contribution in [3.63, 3.8) is 0 Å². The van der Waals surface area contributed by atoms with Gasteiger partial charge in [-0.2, -0.15) is 0 Å². The molecule has 0 aliphatic rings. The van der Waals surface area contributed by atoms with Crippen molar-refractivity contribution < 1.29 is 19.4 Å². The van der Waals surface area contributed by atoms with Gasteiger partial charge in [0, 0.05) is 12.0 Å². The van der Waals surface area contributed by atoms with E-state index in [2.05, 4.69) is 5.32 Å². The number of methoxy groups -OCH3 is 1. The standard InChI is InChI=1S/C15H21NO4/c1-11(17)12-5-6-14(20-2)13(10-12)7-9-16-8-3-4-15(18)19/h5-6,10,16H,3-4,7-9H2,1-2H3,(H,18,19). The van der Waals surface area contributed by atoms with Crippen LogP contribution in [0.2, 0.25) is 0 Å². The second-order valence-corrected chi connectivity index (χ2v) is 4.58. The lowest BCUT2D eigenvalue weighted by Gasteiger charge is -2.10.